The minimum atomic E-state index is -4.72. The first-order valence-corrected chi connectivity index (χ1v) is 5.59. The van der Waals surface area contributed by atoms with Gasteiger partial charge in [-0.3, -0.25) is 0 Å². The standard InChI is InChI=1S/C13H8ClF3O2/c14-9-4-6-10(7-5-9)18-11-2-1-3-12(8-11)19-13(15,16)17/h1-8H. The number of ether oxygens (including phenoxy) is 2. The fourth-order valence-electron chi connectivity index (χ4n) is 1.37. The molecule has 0 aromatic heterocycles. The van der Waals surface area contributed by atoms with Crippen molar-refractivity contribution in [2.24, 2.45) is 0 Å². The molecule has 0 aliphatic heterocycles. The van der Waals surface area contributed by atoms with Crippen LogP contribution in [0, 0.1) is 0 Å². The van der Waals surface area contributed by atoms with E-state index in [1.165, 1.54) is 18.2 Å². The summed E-state index contributed by atoms with van der Waals surface area (Å²) in [6.45, 7) is 0. The normalized spacial score (nSPS) is 11.2. The van der Waals surface area contributed by atoms with Gasteiger partial charge in [0.05, 0.1) is 0 Å². The molecular formula is C13H8ClF3O2. The third-order valence-corrected chi connectivity index (χ3v) is 2.34. The lowest BCUT2D eigenvalue weighted by Crippen LogP contribution is -2.16. The second kappa shape index (κ2) is 5.40. The number of halogens is 4. The lowest BCUT2D eigenvalue weighted by Gasteiger charge is -2.10. The molecule has 0 N–H and O–H groups in total. The summed E-state index contributed by atoms with van der Waals surface area (Å²) in [4.78, 5) is 0. The highest BCUT2D eigenvalue weighted by Gasteiger charge is 2.31. The van der Waals surface area contributed by atoms with E-state index in [-0.39, 0.29) is 11.5 Å². The Morgan fingerprint density at radius 3 is 2.11 bits per heavy atom. The van der Waals surface area contributed by atoms with E-state index in [1.54, 1.807) is 24.3 Å². The van der Waals surface area contributed by atoms with Crippen molar-refractivity contribution in [3.8, 4) is 17.2 Å². The largest absolute Gasteiger partial charge is 0.573 e. The molecule has 0 saturated carbocycles. The van der Waals surface area contributed by atoms with E-state index in [2.05, 4.69) is 4.74 Å². The van der Waals surface area contributed by atoms with Crippen molar-refractivity contribution < 1.29 is 22.6 Å². The van der Waals surface area contributed by atoms with Gasteiger partial charge in [0.2, 0.25) is 0 Å². The van der Waals surface area contributed by atoms with Gasteiger partial charge < -0.3 is 9.47 Å². The van der Waals surface area contributed by atoms with Crippen LogP contribution in [0.4, 0.5) is 13.2 Å². The Morgan fingerprint density at radius 2 is 1.47 bits per heavy atom. The summed E-state index contributed by atoms with van der Waals surface area (Å²) >= 11 is 5.71. The van der Waals surface area contributed by atoms with E-state index in [0.29, 0.717) is 10.8 Å². The van der Waals surface area contributed by atoms with Crippen molar-refractivity contribution in [2.45, 2.75) is 6.36 Å². The second-order valence-corrected chi connectivity index (χ2v) is 4.02. The number of alkyl halides is 3. The summed E-state index contributed by atoms with van der Waals surface area (Å²) < 4.78 is 45.4. The molecule has 0 aliphatic carbocycles. The van der Waals surface area contributed by atoms with Gasteiger partial charge in [-0.15, -0.1) is 13.2 Å². The lowest BCUT2D eigenvalue weighted by atomic mass is 10.3. The predicted octanol–water partition coefficient (Wildman–Crippen LogP) is 5.03. The average Bonchev–Trinajstić information content (AvgIpc) is 2.30. The van der Waals surface area contributed by atoms with Crippen LogP contribution in [-0.4, -0.2) is 6.36 Å². The monoisotopic (exact) mass is 288 g/mol. The molecule has 0 saturated heterocycles. The molecule has 0 radical (unpaired) electrons. The molecular weight excluding hydrogens is 281 g/mol. The minimum Gasteiger partial charge on any atom is -0.457 e. The minimum absolute atomic E-state index is 0.240. The predicted molar refractivity (Wildman–Crippen MR) is 64.7 cm³/mol. The van der Waals surface area contributed by atoms with Crippen LogP contribution in [0.2, 0.25) is 5.02 Å². The number of hydrogen-bond acceptors (Lipinski definition) is 2. The van der Waals surface area contributed by atoms with Crippen LogP contribution in [0.25, 0.3) is 0 Å². The summed E-state index contributed by atoms with van der Waals surface area (Å²) in [5, 5.41) is 0.543. The average molecular weight is 289 g/mol. The zero-order valence-electron chi connectivity index (χ0n) is 9.45. The van der Waals surface area contributed by atoms with Crippen LogP contribution in [0.3, 0.4) is 0 Å². The molecule has 0 fully saturated rings. The first kappa shape index (κ1) is 13.5. The van der Waals surface area contributed by atoms with Gasteiger partial charge in [0.15, 0.2) is 0 Å². The fourth-order valence-corrected chi connectivity index (χ4v) is 1.50. The summed E-state index contributed by atoms with van der Waals surface area (Å²) in [6, 6.07) is 11.7. The van der Waals surface area contributed by atoms with Crippen LogP contribution in [0.1, 0.15) is 0 Å². The molecule has 0 amide bonds. The maximum atomic E-state index is 12.1. The molecule has 0 bridgehead atoms. The van der Waals surface area contributed by atoms with Crippen molar-refractivity contribution in [1.82, 2.24) is 0 Å². The Bertz CT molecular complexity index is 553. The highest BCUT2D eigenvalue weighted by molar-refractivity contribution is 6.30. The second-order valence-electron chi connectivity index (χ2n) is 3.58. The van der Waals surface area contributed by atoms with Gasteiger partial charge in [-0.05, 0) is 36.4 Å². The van der Waals surface area contributed by atoms with E-state index in [4.69, 9.17) is 16.3 Å². The van der Waals surface area contributed by atoms with Crippen LogP contribution in [0.15, 0.2) is 48.5 Å². The maximum absolute atomic E-state index is 12.1. The van der Waals surface area contributed by atoms with Gasteiger partial charge in [-0.1, -0.05) is 17.7 Å². The van der Waals surface area contributed by atoms with Crippen LogP contribution >= 0.6 is 11.6 Å². The highest BCUT2D eigenvalue weighted by Crippen LogP contribution is 2.29. The maximum Gasteiger partial charge on any atom is 0.573 e. The molecule has 0 heterocycles. The number of hydrogen-bond donors (Lipinski definition) is 0. The van der Waals surface area contributed by atoms with Gasteiger partial charge in [-0.25, -0.2) is 0 Å². The van der Waals surface area contributed by atoms with Gasteiger partial charge in [-0.2, -0.15) is 0 Å². The van der Waals surface area contributed by atoms with Gasteiger partial charge in [0.25, 0.3) is 0 Å². The van der Waals surface area contributed by atoms with Crippen molar-refractivity contribution in [1.29, 1.82) is 0 Å². The molecule has 0 unspecified atom stereocenters. The van der Waals surface area contributed by atoms with E-state index >= 15 is 0 Å². The molecule has 2 aromatic carbocycles. The third kappa shape index (κ3) is 4.37. The molecule has 19 heavy (non-hydrogen) atoms. The van der Waals surface area contributed by atoms with E-state index in [0.717, 1.165) is 6.07 Å². The summed E-state index contributed by atoms with van der Waals surface area (Å²) in [5.41, 5.74) is 0. The first-order valence-electron chi connectivity index (χ1n) is 5.22. The summed E-state index contributed by atoms with van der Waals surface area (Å²) in [5.74, 6) is 0.372. The third-order valence-electron chi connectivity index (χ3n) is 2.09. The van der Waals surface area contributed by atoms with E-state index in [9.17, 15) is 13.2 Å². The molecule has 2 nitrogen and oxygen atoms in total. The number of benzene rings is 2. The Labute approximate surface area is 112 Å². The number of rotatable bonds is 3. The quantitative estimate of drug-likeness (QED) is 0.788. The molecule has 0 atom stereocenters. The molecule has 2 aromatic rings. The summed E-state index contributed by atoms with van der Waals surface area (Å²) in [6.07, 6.45) is -4.72. The molecule has 2 rings (SSSR count). The Morgan fingerprint density at radius 1 is 0.842 bits per heavy atom. The van der Waals surface area contributed by atoms with Gasteiger partial charge >= 0.3 is 6.36 Å². The van der Waals surface area contributed by atoms with E-state index in [1.807, 2.05) is 0 Å². The molecule has 0 aliphatic rings. The van der Waals surface area contributed by atoms with Crippen molar-refractivity contribution in [3.05, 3.63) is 53.6 Å². The smallest absolute Gasteiger partial charge is 0.457 e. The van der Waals surface area contributed by atoms with Crippen molar-refractivity contribution >= 4 is 11.6 Å². The van der Waals surface area contributed by atoms with Crippen LogP contribution < -0.4 is 9.47 Å². The zero-order chi connectivity index (χ0) is 13.9. The van der Waals surface area contributed by atoms with Gasteiger partial charge in [0.1, 0.15) is 17.2 Å². The summed E-state index contributed by atoms with van der Waals surface area (Å²) in [7, 11) is 0. The lowest BCUT2D eigenvalue weighted by molar-refractivity contribution is -0.274. The van der Waals surface area contributed by atoms with Crippen molar-refractivity contribution in [3.63, 3.8) is 0 Å². The van der Waals surface area contributed by atoms with E-state index < -0.39 is 6.36 Å². The zero-order valence-corrected chi connectivity index (χ0v) is 10.2. The Balaban J connectivity index is 2.13. The van der Waals surface area contributed by atoms with Crippen molar-refractivity contribution in [2.75, 3.05) is 0 Å². The SMILES string of the molecule is FC(F)(F)Oc1cccc(Oc2ccc(Cl)cc2)c1. The molecule has 0 spiro atoms. The molecule has 6 heteroatoms. The van der Waals surface area contributed by atoms with Crippen LogP contribution in [-0.2, 0) is 0 Å². The van der Waals surface area contributed by atoms with Gasteiger partial charge in [0, 0.05) is 11.1 Å². The first-order chi connectivity index (χ1) is 8.92. The topological polar surface area (TPSA) is 18.5 Å². The Hall–Kier alpha value is -1.88. The fraction of sp³-hybridized carbons (Fsp3) is 0.0769. The van der Waals surface area contributed by atoms with Crippen LogP contribution in [0.5, 0.6) is 17.2 Å². The Kier molecular flexibility index (Phi) is 3.85. The highest BCUT2D eigenvalue weighted by atomic mass is 35.5. The molecule has 100 valence electrons.